The quantitative estimate of drug-likeness (QED) is 0.408. The number of hydrogen-bond acceptors (Lipinski definition) is 3. The lowest BCUT2D eigenvalue weighted by atomic mass is 9.94. The van der Waals surface area contributed by atoms with E-state index in [4.69, 9.17) is 13.3 Å². The molecule has 4 heteroatoms. The average Bonchev–Trinajstić information content (AvgIpc) is 2.70. The van der Waals surface area contributed by atoms with Crippen LogP contribution in [-0.2, 0) is 13.3 Å². The lowest BCUT2D eigenvalue weighted by Crippen LogP contribution is -2.54. The molecule has 0 amide bonds. The van der Waals surface area contributed by atoms with Crippen LogP contribution in [0.4, 0.5) is 0 Å². The summed E-state index contributed by atoms with van der Waals surface area (Å²) in [6, 6.07) is 23.4. The first-order chi connectivity index (χ1) is 12.2. The minimum absolute atomic E-state index is 0.966. The molecule has 0 saturated heterocycles. The van der Waals surface area contributed by atoms with Crippen LogP contribution in [0.1, 0.15) is 0 Å². The van der Waals surface area contributed by atoms with Crippen LogP contribution in [0.15, 0.2) is 66.7 Å². The lowest BCUT2D eigenvalue weighted by molar-refractivity contribution is 0.140. The van der Waals surface area contributed by atoms with Gasteiger partial charge in [0.2, 0.25) is 0 Å². The van der Waals surface area contributed by atoms with E-state index >= 15 is 0 Å². The number of fused-ring (bicyclic) bond motifs is 6. The van der Waals surface area contributed by atoms with Gasteiger partial charge in [0.15, 0.2) is 0 Å². The van der Waals surface area contributed by atoms with Crippen molar-refractivity contribution in [3.63, 3.8) is 0 Å². The Balaban J connectivity index is 2.15. The summed E-state index contributed by atoms with van der Waals surface area (Å²) in [6.45, 7) is 0. The first kappa shape index (κ1) is 16.2. The molecule has 0 heterocycles. The molecular formula is C21H20O3Si. The van der Waals surface area contributed by atoms with Gasteiger partial charge in [0.25, 0.3) is 0 Å². The molecule has 25 heavy (non-hydrogen) atoms. The van der Waals surface area contributed by atoms with Gasteiger partial charge in [-0.2, -0.15) is 0 Å². The van der Waals surface area contributed by atoms with Crippen molar-refractivity contribution in [1.82, 2.24) is 0 Å². The second kappa shape index (κ2) is 6.24. The third-order valence-electron chi connectivity index (χ3n) is 4.90. The molecule has 4 rings (SSSR count). The highest BCUT2D eigenvalue weighted by molar-refractivity contribution is 6.75. The topological polar surface area (TPSA) is 27.7 Å². The van der Waals surface area contributed by atoms with E-state index in [0.717, 1.165) is 5.19 Å². The molecule has 0 aliphatic heterocycles. The van der Waals surface area contributed by atoms with E-state index in [1.54, 1.807) is 21.3 Å². The van der Waals surface area contributed by atoms with Gasteiger partial charge in [-0.15, -0.1) is 0 Å². The van der Waals surface area contributed by atoms with Crippen LogP contribution in [0.25, 0.3) is 32.3 Å². The smallest absolute Gasteiger partial charge is 0.373 e. The Morgan fingerprint density at radius 2 is 0.920 bits per heavy atom. The van der Waals surface area contributed by atoms with Crippen molar-refractivity contribution in [2.45, 2.75) is 0 Å². The molecule has 0 spiro atoms. The van der Waals surface area contributed by atoms with Crippen LogP contribution < -0.4 is 5.19 Å². The van der Waals surface area contributed by atoms with E-state index in [9.17, 15) is 0 Å². The lowest BCUT2D eigenvalue weighted by Gasteiger charge is -2.25. The zero-order valence-electron chi connectivity index (χ0n) is 14.6. The summed E-state index contributed by atoms with van der Waals surface area (Å²) in [6.07, 6.45) is 0. The van der Waals surface area contributed by atoms with Crippen molar-refractivity contribution in [3.8, 4) is 0 Å². The fourth-order valence-electron chi connectivity index (χ4n) is 3.70. The maximum atomic E-state index is 5.67. The predicted molar refractivity (Wildman–Crippen MR) is 105 cm³/mol. The van der Waals surface area contributed by atoms with Crippen molar-refractivity contribution in [2.24, 2.45) is 0 Å². The van der Waals surface area contributed by atoms with Crippen molar-refractivity contribution in [1.29, 1.82) is 0 Å². The van der Waals surface area contributed by atoms with Crippen LogP contribution in [0.2, 0.25) is 0 Å². The van der Waals surface area contributed by atoms with Gasteiger partial charge in [-0.05, 0) is 38.4 Å². The first-order valence-corrected chi connectivity index (χ1v) is 9.95. The molecule has 0 N–H and O–H groups in total. The van der Waals surface area contributed by atoms with Gasteiger partial charge in [-0.3, -0.25) is 0 Å². The van der Waals surface area contributed by atoms with Gasteiger partial charge in [0.05, 0.1) is 0 Å². The van der Waals surface area contributed by atoms with Crippen LogP contribution in [-0.4, -0.2) is 30.1 Å². The van der Waals surface area contributed by atoms with E-state index < -0.39 is 8.80 Å². The highest BCUT2D eigenvalue weighted by Crippen LogP contribution is 2.34. The standard InChI is InChI=1S/C21H20O3Si/c1-22-25(23-2,24-3)15-12-13-20-18-10-5-4-8-16(18)17-9-6-7-11-19(17)21(20)14-15/h4-14H,1-3H3. The Morgan fingerprint density at radius 3 is 1.36 bits per heavy atom. The van der Waals surface area contributed by atoms with Crippen molar-refractivity contribution in [2.75, 3.05) is 21.3 Å². The summed E-state index contributed by atoms with van der Waals surface area (Å²) in [5.74, 6) is 0. The predicted octanol–water partition coefficient (Wildman–Crippen LogP) is 4.23. The Hall–Kier alpha value is -2.24. The molecule has 3 nitrogen and oxygen atoms in total. The van der Waals surface area contributed by atoms with Crippen molar-refractivity contribution >= 4 is 46.3 Å². The van der Waals surface area contributed by atoms with Crippen molar-refractivity contribution < 1.29 is 13.3 Å². The Labute approximate surface area is 148 Å². The van der Waals surface area contributed by atoms with E-state index in [1.807, 2.05) is 0 Å². The maximum Gasteiger partial charge on any atom is 0.536 e. The van der Waals surface area contributed by atoms with E-state index in [1.165, 1.54) is 32.3 Å². The summed E-state index contributed by atoms with van der Waals surface area (Å²) < 4.78 is 17.0. The molecule has 0 unspecified atom stereocenters. The molecule has 4 aromatic rings. The molecule has 4 aromatic carbocycles. The third kappa shape index (κ3) is 2.38. The molecule has 0 fully saturated rings. The van der Waals surface area contributed by atoms with E-state index in [2.05, 4.69) is 66.7 Å². The van der Waals surface area contributed by atoms with Crippen LogP contribution in [0, 0.1) is 0 Å². The monoisotopic (exact) mass is 348 g/mol. The van der Waals surface area contributed by atoms with Crippen LogP contribution in [0.3, 0.4) is 0 Å². The van der Waals surface area contributed by atoms with Gasteiger partial charge in [0, 0.05) is 26.5 Å². The summed E-state index contributed by atoms with van der Waals surface area (Å²) in [4.78, 5) is 0. The molecular weight excluding hydrogens is 328 g/mol. The first-order valence-electron chi connectivity index (χ1n) is 8.23. The summed E-state index contributed by atoms with van der Waals surface area (Å²) >= 11 is 0. The molecule has 0 aliphatic carbocycles. The highest BCUT2D eigenvalue weighted by atomic mass is 28.4. The second-order valence-electron chi connectivity index (χ2n) is 6.02. The van der Waals surface area contributed by atoms with Crippen molar-refractivity contribution in [3.05, 3.63) is 66.7 Å². The number of rotatable bonds is 4. The SMILES string of the molecule is CO[Si](OC)(OC)c1ccc2c3ccccc3c3ccccc3c2c1. The maximum absolute atomic E-state index is 5.67. The molecule has 0 radical (unpaired) electrons. The van der Waals surface area contributed by atoms with Crippen LogP contribution >= 0.6 is 0 Å². The third-order valence-corrected chi connectivity index (χ3v) is 7.53. The van der Waals surface area contributed by atoms with Gasteiger partial charge in [-0.1, -0.05) is 60.7 Å². The Bertz CT molecular complexity index is 1030. The minimum atomic E-state index is -2.87. The van der Waals surface area contributed by atoms with E-state index in [0.29, 0.717) is 0 Å². The Kier molecular flexibility index (Phi) is 4.05. The normalized spacial score (nSPS) is 12.3. The van der Waals surface area contributed by atoms with Gasteiger partial charge in [0.1, 0.15) is 0 Å². The average molecular weight is 348 g/mol. The second-order valence-corrected chi connectivity index (χ2v) is 8.93. The molecule has 0 bridgehead atoms. The zero-order chi connectivity index (χ0) is 17.4. The van der Waals surface area contributed by atoms with Gasteiger partial charge < -0.3 is 13.3 Å². The summed E-state index contributed by atoms with van der Waals surface area (Å²) in [7, 11) is 2.06. The number of benzene rings is 4. The fraction of sp³-hybridized carbons (Fsp3) is 0.143. The highest BCUT2D eigenvalue weighted by Gasteiger charge is 2.40. The van der Waals surface area contributed by atoms with Gasteiger partial charge in [-0.25, -0.2) is 0 Å². The molecule has 0 aromatic heterocycles. The van der Waals surface area contributed by atoms with Gasteiger partial charge >= 0.3 is 8.80 Å². The summed E-state index contributed by atoms with van der Waals surface area (Å²) in [5, 5.41) is 8.38. The molecule has 0 atom stereocenters. The zero-order valence-corrected chi connectivity index (χ0v) is 15.6. The molecule has 126 valence electrons. The number of hydrogen-bond donors (Lipinski definition) is 0. The van der Waals surface area contributed by atoms with Crippen LogP contribution in [0.5, 0.6) is 0 Å². The molecule has 0 saturated carbocycles. The molecule has 0 aliphatic rings. The Morgan fingerprint density at radius 1 is 0.520 bits per heavy atom. The summed E-state index contributed by atoms with van der Waals surface area (Å²) in [5.41, 5.74) is 0. The van der Waals surface area contributed by atoms with E-state index in [-0.39, 0.29) is 0 Å². The largest absolute Gasteiger partial charge is 0.536 e. The fourth-order valence-corrected chi connectivity index (χ4v) is 5.52. The minimum Gasteiger partial charge on any atom is -0.373 e.